The molecule has 2 unspecified atom stereocenters. The molecule has 4 rings (SSSR count). The van der Waals surface area contributed by atoms with E-state index in [0.29, 0.717) is 16.8 Å². The summed E-state index contributed by atoms with van der Waals surface area (Å²) in [6.45, 7) is 4.47. The van der Waals surface area contributed by atoms with Gasteiger partial charge in [-0.25, -0.2) is 8.42 Å². The zero-order chi connectivity index (χ0) is 21.5. The van der Waals surface area contributed by atoms with Gasteiger partial charge in [0, 0.05) is 39.4 Å². The summed E-state index contributed by atoms with van der Waals surface area (Å²) < 4.78 is 26.2. The molecule has 7 heteroatoms. The van der Waals surface area contributed by atoms with Crippen LogP contribution in [0.3, 0.4) is 0 Å². The lowest BCUT2D eigenvalue weighted by Crippen LogP contribution is -2.40. The number of halogens is 1. The number of hydrogen-bond donors (Lipinski definition) is 2. The fourth-order valence-corrected chi connectivity index (χ4v) is 5.10. The van der Waals surface area contributed by atoms with E-state index in [1.807, 2.05) is 42.5 Å². The molecular weight excluding hydrogens is 418 g/mol. The van der Waals surface area contributed by atoms with Crippen LogP contribution in [0.5, 0.6) is 0 Å². The second-order valence-corrected chi connectivity index (χ2v) is 10.5. The second-order valence-electron chi connectivity index (χ2n) is 8.35. The maximum absolute atomic E-state index is 11.8. The summed E-state index contributed by atoms with van der Waals surface area (Å²) in [6.07, 6.45) is 5.69. The molecule has 0 saturated heterocycles. The summed E-state index contributed by atoms with van der Waals surface area (Å²) in [5.74, 6) is 0. The number of hydrogen-bond acceptors (Lipinski definition) is 4. The van der Waals surface area contributed by atoms with Crippen molar-refractivity contribution in [3.05, 3.63) is 64.3 Å². The normalized spacial score (nSPS) is 20.9. The molecule has 0 bridgehead atoms. The molecule has 0 amide bonds. The van der Waals surface area contributed by atoms with Crippen molar-refractivity contribution in [1.29, 1.82) is 0 Å². The van der Waals surface area contributed by atoms with Crippen molar-refractivity contribution in [3.63, 3.8) is 0 Å². The predicted molar refractivity (Wildman–Crippen MR) is 126 cm³/mol. The fraction of sp³-hybridized carbons (Fsp3) is 0.391. The van der Waals surface area contributed by atoms with Gasteiger partial charge < -0.3 is 10.2 Å². The number of benzene rings is 2. The minimum absolute atomic E-state index is 0.0629. The van der Waals surface area contributed by atoms with Crippen LogP contribution < -0.4 is 14.9 Å². The van der Waals surface area contributed by atoms with Gasteiger partial charge in [-0.15, -0.1) is 0 Å². The molecule has 0 aromatic heterocycles. The Hall–Kier alpha value is -2.18. The molecule has 0 radical (unpaired) electrons. The Morgan fingerprint density at radius 2 is 1.77 bits per heavy atom. The molecule has 1 saturated carbocycles. The quantitative estimate of drug-likeness (QED) is 0.599. The molecule has 1 heterocycles. The lowest BCUT2D eigenvalue weighted by molar-refractivity contribution is 0.531. The molecule has 1 fully saturated rings. The van der Waals surface area contributed by atoms with Crippen molar-refractivity contribution in [1.82, 2.24) is 0 Å². The van der Waals surface area contributed by atoms with E-state index in [0.717, 1.165) is 23.4 Å². The first-order valence-electron chi connectivity index (χ1n) is 10.3. The van der Waals surface area contributed by atoms with Gasteiger partial charge in [0.15, 0.2) is 0 Å². The van der Waals surface area contributed by atoms with Gasteiger partial charge >= 0.3 is 0 Å². The van der Waals surface area contributed by atoms with Crippen LogP contribution in [0.2, 0.25) is 5.02 Å². The average Bonchev–Trinajstić information content (AvgIpc) is 2.61. The Balaban J connectivity index is 1.75. The minimum atomic E-state index is -3.34. The van der Waals surface area contributed by atoms with Crippen molar-refractivity contribution < 1.29 is 8.42 Å². The van der Waals surface area contributed by atoms with E-state index in [9.17, 15) is 8.42 Å². The minimum Gasteiger partial charge on any atom is -0.378 e. The van der Waals surface area contributed by atoms with Crippen molar-refractivity contribution in [3.8, 4) is 0 Å². The van der Waals surface area contributed by atoms with Crippen molar-refractivity contribution >= 4 is 38.7 Å². The molecule has 0 spiro atoms. The zero-order valence-corrected chi connectivity index (χ0v) is 19.1. The lowest BCUT2D eigenvalue weighted by Gasteiger charge is -2.43. The van der Waals surface area contributed by atoms with Gasteiger partial charge in [0.1, 0.15) is 0 Å². The Morgan fingerprint density at radius 3 is 2.37 bits per heavy atom. The van der Waals surface area contributed by atoms with Crippen LogP contribution in [-0.4, -0.2) is 20.7 Å². The van der Waals surface area contributed by atoms with Crippen molar-refractivity contribution in [2.75, 3.05) is 21.2 Å². The van der Waals surface area contributed by atoms with Crippen LogP contribution in [0.25, 0.3) is 0 Å². The molecule has 5 nitrogen and oxygen atoms in total. The molecule has 2 atom stereocenters. The molecule has 2 aliphatic rings. The highest BCUT2D eigenvalue weighted by Crippen LogP contribution is 2.44. The Labute approximate surface area is 184 Å². The predicted octanol–water partition coefficient (Wildman–Crippen LogP) is 5.92. The maximum atomic E-state index is 11.8. The number of allylic oxidation sites excluding steroid dienone is 2. The van der Waals surface area contributed by atoms with Gasteiger partial charge in [0.2, 0.25) is 10.0 Å². The lowest BCUT2D eigenvalue weighted by atomic mass is 9.86. The standard InChI is InChI=1S/C23H28ClN3O2S/c1-15-13-22(25-19-9-7-18(24)8-10-19)21-14-20(26-30(3,28)29)11-12-23(21)27(15)16(2)17-5-4-6-17/h7-12,14-15,22,25-26H,4-6,13H2,1-3H3. The van der Waals surface area contributed by atoms with Crippen molar-refractivity contribution in [2.45, 2.75) is 51.6 Å². The topological polar surface area (TPSA) is 61.4 Å². The van der Waals surface area contributed by atoms with Crippen LogP contribution in [0.4, 0.5) is 17.1 Å². The number of nitrogens with zero attached hydrogens (tertiary/aromatic N) is 1. The molecule has 1 aliphatic heterocycles. The average molecular weight is 446 g/mol. The highest BCUT2D eigenvalue weighted by atomic mass is 35.5. The summed E-state index contributed by atoms with van der Waals surface area (Å²) in [5, 5.41) is 4.32. The third-order valence-electron chi connectivity index (χ3n) is 6.00. The van der Waals surface area contributed by atoms with Gasteiger partial charge in [-0.05, 0) is 82.0 Å². The third kappa shape index (κ3) is 4.44. The number of fused-ring (bicyclic) bond motifs is 1. The van der Waals surface area contributed by atoms with Crippen LogP contribution in [0.15, 0.2) is 53.7 Å². The van der Waals surface area contributed by atoms with Crippen molar-refractivity contribution in [2.24, 2.45) is 0 Å². The molecule has 2 aromatic rings. The van der Waals surface area contributed by atoms with Gasteiger partial charge in [0.25, 0.3) is 0 Å². The first-order chi connectivity index (χ1) is 14.2. The van der Waals surface area contributed by atoms with Crippen LogP contribution in [0.1, 0.15) is 51.1 Å². The second kappa shape index (κ2) is 8.16. The van der Waals surface area contributed by atoms with E-state index >= 15 is 0 Å². The number of rotatable bonds is 5. The Kier molecular flexibility index (Phi) is 5.73. The third-order valence-corrected chi connectivity index (χ3v) is 6.86. The summed E-state index contributed by atoms with van der Waals surface area (Å²) in [6, 6.07) is 13.9. The fourth-order valence-electron chi connectivity index (χ4n) is 4.42. The summed E-state index contributed by atoms with van der Waals surface area (Å²) >= 11 is 6.04. The van der Waals surface area contributed by atoms with E-state index in [4.69, 9.17) is 11.6 Å². The van der Waals surface area contributed by atoms with E-state index in [1.54, 1.807) is 0 Å². The van der Waals surface area contributed by atoms with Gasteiger partial charge in [0.05, 0.1) is 12.3 Å². The largest absolute Gasteiger partial charge is 0.378 e. The summed E-state index contributed by atoms with van der Waals surface area (Å²) in [4.78, 5) is 2.42. The zero-order valence-electron chi connectivity index (χ0n) is 17.6. The van der Waals surface area contributed by atoms with E-state index in [-0.39, 0.29) is 6.04 Å². The van der Waals surface area contributed by atoms with Crippen LogP contribution in [0, 0.1) is 0 Å². The van der Waals surface area contributed by atoms with E-state index in [1.165, 1.54) is 36.8 Å². The first kappa shape index (κ1) is 21.1. The van der Waals surface area contributed by atoms with Gasteiger partial charge in [-0.2, -0.15) is 0 Å². The molecular formula is C23H28ClN3O2S. The summed E-state index contributed by atoms with van der Waals surface area (Å²) in [7, 11) is -3.34. The van der Waals surface area contributed by atoms with Crippen LogP contribution in [-0.2, 0) is 10.0 Å². The smallest absolute Gasteiger partial charge is 0.229 e. The van der Waals surface area contributed by atoms with Gasteiger partial charge in [-0.1, -0.05) is 17.2 Å². The first-order valence-corrected chi connectivity index (χ1v) is 12.6. The number of anilines is 3. The molecule has 160 valence electrons. The highest BCUT2D eigenvalue weighted by molar-refractivity contribution is 7.92. The molecule has 30 heavy (non-hydrogen) atoms. The van der Waals surface area contributed by atoms with E-state index < -0.39 is 10.0 Å². The van der Waals surface area contributed by atoms with Gasteiger partial charge in [-0.3, -0.25) is 4.72 Å². The summed E-state index contributed by atoms with van der Waals surface area (Å²) in [5.41, 5.74) is 6.67. The highest BCUT2D eigenvalue weighted by Gasteiger charge is 2.33. The number of nitrogens with one attached hydrogen (secondary N) is 2. The molecule has 2 aromatic carbocycles. The SMILES string of the molecule is CC(=C1CCC1)N1c2ccc(NS(C)(=O)=O)cc2C(Nc2ccc(Cl)cc2)CC1C. The van der Waals surface area contributed by atoms with Crippen LogP contribution >= 0.6 is 11.6 Å². The molecule has 1 aliphatic carbocycles. The maximum Gasteiger partial charge on any atom is 0.229 e. The van der Waals surface area contributed by atoms with E-state index in [2.05, 4.69) is 28.8 Å². The number of sulfonamides is 1. The Morgan fingerprint density at radius 1 is 1.10 bits per heavy atom. The monoisotopic (exact) mass is 445 g/mol. The Bertz CT molecular complexity index is 1070. The molecule has 2 N–H and O–H groups in total.